The summed E-state index contributed by atoms with van der Waals surface area (Å²) in [5, 5.41) is -0.388. The van der Waals surface area contributed by atoms with Crippen molar-refractivity contribution in [3.05, 3.63) is 0 Å². The number of carbonyl (C=O) groups excluding carboxylic acids is 1. The van der Waals surface area contributed by atoms with E-state index in [0.29, 0.717) is 17.8 Å². The summed E-state index contributed by atoms with van der Waals surface area (Å²) in [6.45, 7) is 8.44. The van der Waals surface area contributed by atoms with E-state index in [1.807, 2.05) is 0 Å². The first-order chi connectivity index (χ1) is 7.41. The fraction of sp³-hybridized carbons (Fsp3) is 0.923. The van der Waals surface area contributed by atoms with Crippen LogP contribution in [-0.2, 0) is 9.53 Å². The molecule has 0 heterocycles. The average molecular weight is 247 g/mol. The molecule has 1 fully saturated rings. The van der Waals surface area contributed by atoms with Crippen LogP contribution in [-0.4, -0.2) is 17.5 Å². The van der Waals surface area contributed by atoms with Crippen molar-refractivity contribution in [3.8, 4) is 0 Å². The van der Waals surface area contributed by atoms with Gasteiger partial charge >= 0.3 is 0 Å². The lowest BCUT2D eigenvalue weighted by Crippen LogP contribution is -2.37. The second kappa shape index (κ2) is 6.02. The van der Waals surface area contributed by atoms with E-state index in [2.05, 4.69) is 20.8 Å². The number of rotatable bonds is 4. The molecule has 1 aliphatic carbocycles. The number of carbonyl (C=O) groups is 1. The Bertz CT molecular complexity index is 240. The van der Waals surface area contributed by atoms with Gasteiger partial charge in [0.05, 0.1) is 6.10 Å². The van der Waals surface area contributed by atoms with Crippen LogP contribution in [0.25, 0.3) is 0 Å². The van der Waals surface area contributed by atoms with Crippen LogP contribution >= 0.6 is 11.6 Å². The van der Waals surface area contributed by atoms with E-state index < -0.39 is 6.10 Å². The Hall–Kier alpha value is -0.0800. The highest BCUT2D eigenvalue weighted by Gasteiger charge is 2.33. The molecule has 0 radical (unpaired) electrons. The van der Waals surface area contributed by atoms with E-state index >= 15 is 0 Å². The lowest BCUT2D eigenvalue weighted by Gasteiger charge is -2.38. The Balaban J connectivity index is 2.60. The average Bonchev–Trinajstić information content (AvgIpc) is 2.16. The maximum absolute atomic E-state index is 11.0. The van der Waals surface area contributed by atoms with E-state index in [1.165, 1.54) is 12.8 Å². The molecule has 0 aliphatic heterocycles. The predicted molar refractivity (Wildman–Crippen MR) is 66.5 cm³/mol. The Kier molecular flexibility index (Phi) is 5.26. The van der Waals surface area contributed by atoms with Crippen molar-refractivity contribution in [1.82, 2.24) is 0 Å². The zero-order valence-electron chi connectivity index (χ0n) is 10.7. The summed E-state index contributed by atoms with van der Waals surface area (Å²) in [5.41, 5.74) is 0. The summed E-state index contributed by atoms with van der Waals surface area (Å²) in [5.74, 6) is 1.86. The monoisotopic (exact) mass is 246 g/mol. The number of hydrogen-bond donors (Lipinski definition) is 0. The zero-order valence-corrected chi connectivity index (χ0v) is 11.5. The molecule has 4 atom stereocenters. The predicted octanol–water partition coefficient (Wildman–Crippen LogP) is 3.62. The fourth-order valence-corrected chi connectivity index (χ4v) is 2.64. The third-order valence-electron chi connectivity index (χ3n) is 3.66. The van der Waals surface area contributed by atoms with Crippen LogP contribution in [0, 0.1) is 17.8 Å². The quantitative estimate of drug-likeness (QED) is 0.709. The minimum Gasteiger partial charge on any atom is -0.366 e. The van der Waals surface area contributed by atoms with Gasteiger partial charge in [-0.05, 0) is 49.1 Å². The highest BCUT2D eigenvalue weighted by atomic mass is 35.5. The molecule has 0 amide bonds. The summed E-state index contributed by atoms with van der Waals surface area (Å²) < 4.78 is 5.82. The third-order valence-corrected chi connectivity index (χ3v) is 3.97. The molecule has 0 aromatic heterocycles. The maximum Gasteiger partial charge on any atom is 0.250 e. The first-order valence-corrected chi connectivity index (χ1v) is 6.64. The molecule has 3 heteroatoms. The van der Waals surface area contributed by atoms with Gasteiger partial charge in [-0.25, -0.2) is 0 Å². The zero-order chi connectivity index (χ0) is 12.3. The molecule has 1 aliphatic rings. The molecule has 0 saturated heterocycles. The largest absolute Gasteiger partial charge is 0.366 e. The van der Waals surface area contributed by atoms with Crippen LogP contribution in [0.2, 0.25) is 0 Å². The Morgan fingerprint density at radius 1 is 1.31 bits per heavy atom. The number of ether oxygens (including phenoxy) is 1. The Morgan fingerprint density at radius 3 is 2.44 bits per heavy atom. The molecule has 2 nitrogen and oxygen atoms in total. The SMILES string of the molecule is CC(O[C@@H]1C[C@H](C)CC[C@H]1C(C)C)C(=O)Cl. The van der Waals surface area contributed by atoms with E-state index in [-0.39, 0.29) is 11.3 Å². The van der Waals surface area contributed by atoms with E-state index in [1.54, 1.807) is 6.92 Å². The van der Waals surface area contributed by atoms with Gasteiger partial charge in [-0.15, -0.1) is 0 Å². The van der Waals surface area contributed by atoms with Crippen molar-refractivity contribution in [3.63, 3.8) is 0 Å². The van der Waals surface area contributed by atoms with Gasteiger partial charge in [0.25, 0.3) is 0 Å². The summed E-state index contributed by atoms with van der Waals surface area (Å²) in [6.07, 6.45) is 3.25. The van der Waals surface area contributed by atoms with Crippen molar-refractivity contribution >= 4 is 16.8 Å². The van der Waals surface area contributed by atoms with Gasteiger partial charge in [0.2, 0.25) is 5.24 Å². The van der Waals surface area contributed by atoms with E-state index in [0.717, 1.165) is 6.42 Å². The van der Waals surface area contributed by atoms with Crippen LogP contribution in [0.3, 0.4) is 0 Å². The molecular weight excluding hydrogens is 224 g/mol. The topological polar surface area (TPSA) is 26.3 Å². The molecule has 1 saturated carbocycles. The van der Waals surface area contributed by atoms with E-state index in [4.69, 9.17) is 16.3 Å². The molecular formula is C13H23ClO2. The van der Waals surface area contributed by atoms with Crippen molar-refractivity contribution in [2.24, 2.45) is 17.8 Å². The van der Waals surface area contributed by atoms with Crippen molar-refractivity contribution in [1.29, 1.82) is 0 Å². The minimum atomic E-state index is -0.474. The van der Waals surface area contributed by atoms with Gasteiger partial charge in [-0.3, -0.25) is 4.79 Å². The lowest BCUT2D eigenvalue weighted by molar-refractivity contribution is -0.131. The summed E-state index contributed by atoms with van der Waals surface area (Å²) >= 11 is 5.45. The highest BCUT2D eigenvalue weighted by molar-refractivity contribution is 6.64. The molecule has 0 aromatic rings. The molecule has 16 heavy (non-hydrogen) atoms. The maximum atomic E-state index is 11.0. The van der Waals surface area contributed by atoms with E-state index in [9.17, 15) is 4.79 Å². The van der Waals surface area contributed by atoms with Crippen LogP contribution in [0.4, 0.5) is 0 Å². The van der Waals surface area contributed by atoms with Crippen molar-refractivity contribution in [2.75, 3.05) is 0 Å². The third kappa shape index (κ3) is 3.74. The molecule has 0 spiro atoms. The standard InChI is InChI=1S/C13H23ClO2/c1-8(2)11-6-5-9(3)7-12(11)16-10(4)13(14)15/h8-12H,5-7H2,1-4H3/t9-,10?,11+,12-/m1/s1. The Morgan fingerprint density at radius 2 is 1.94 bits per heavy atom. The second-order valence-electron chi connectivity index (χ2n) is 5.45. The molecule has 0 N–H and O–H groups in total. The van der Waals surface area contributed by atoms with Gasteiger partial charge in [-0.2, -0.15) is 0 Å². The highest BCUT2D eigenvalue weighted by Crippen LogP contribution is 2.35. The number of hydrogen-bond acceptors (Lipinski definition) is 2. The normalized spacial score (nSPS) is 32.8. The first-order valence-electron chi connectivity index (χ1n) is 6.26. The molecule has 0 aromatic carbocycles. The van der Waals surface area contributed by atoms with Gasteiger partial charge in [-0.1, -0.05) is 27.2 Å². The van der Waals surface area contributed by atoms with Crippen LogP contribution in [0.15, 0.2) is 0 Å². The molecule has 1 rings (SSSR count). The lowest BCUT2D eigenvalue weighted by atomic mass is 9.75. The van der Waals surface area contributed by atoms with Crippen molar-refractivity contribution < 1.29 is 9.53 Å². The minimum absolute atomic E-state index is 0.196. The molecule has 94 valence electrons. The second-order valence-corrected chi connectivity index (χ2v) is 5.82. The van der Waals surface area contributed by atoms with Gasteiger partial charge in [0.1, 0.15) is 6.10 Å². The summed E-state index contributed by atoms with van der Waals surface area (Å²) in [7, 11) is 0. The van der Waals surface area contributed by atoms with Gasteiger partial charge in [0, 0.05) is 0 Å². The summed E-state index contributed by atoms with van der Waals surface area (Å²) in [6, 6.07) is 0. The smallest absolute Gasteiger partial charge is 0.250 e. The van der Waals surface area contributed by atoms with Gasteiger partial charge < -0.3 is 4.74 Å². The first kappa shape index (κ1) is 14.0. The van der Waals surface area contributed by atoms with Crippen LogP contribution in [0.1, 0.15) is 47.0 Å². The van der Waals surface area contributed by atoms with Crippen LogP contribution in [0.5, 0.6) is 0 Å². The van der Waals surface area contributed by atoms with Gasteiger partial charge in [0.15, 0.2) is 0 Å². The fourth-order valence-electron chi connectivity index (χ4n) is 2.59. The molecule has 0 bridgehead atoms. The molecule has 1 unspecified atom stereocenters. The summed E-state index contributed by atoms with van der Waals surface area (Å²) in [4.78, 5) is 11.0. The number of halogens is 1. The van der Waals surface area contributed by atoms with Crippen molar-refractivity contribution in [2.45, 2.75) is 59.2 Å². The van der Waals surface area contributed by atoms with Crippen LogP contribution < -0.4 is 0 Å². The Labute approximate surface area is 104 Å².